The molecule has 0 spiro atoms. The summed E-state index contributed by atoms with van der Waals surface area (Å²) < 4.78 is 25.6. The van der Waals surface area contributed by atoms with Crippen LogP contribution in [0.5, 0.6) is 5.75 Å². The molecule has 0 saturated carbocycles. The van der Waals surface area contributed by atoms with Crippen molar-refractivity contribution in [2.24, 2.45) is 0 Å². The van der Waals surface area contributed by atoms with Crippen molar-refractivity contribution in [3.05, 3.63) is 87.6 Å². The van der Waals surface area contributed by atoms with Crippen molar-refractivity contribution >= 4 is 5.97 Å². The highest BCUT2D eigenvalue weighted by Gasteiger charge is 2.18. The Kier molecular flexibility index (Phi) is 5.30. The second-order valence-corrected chi connectivity index (χ2v) is 5.79. The molecule has 0 bridgehead atoms. The SMILES string of the molecule is COc1cccc(COC(=O)c2nn(-c3ccccc3F)c(C)cc2=O)c1. The van der Waals surface area contributed by atoms with Gasteiger partial charge in [-0.1, -0.05) is 24.3 Å². The van der Waals surface area contributed by atoms with E-state index in [2.05, 4.69) is 5.10 Å². The van der Waals surface area contributed by atoms with Crippen LogP contribution in [0.15, 0.2) is 59.4 Å². The van der Waals surface area contributed by atoms with Crippen LogP contribution in [0.25, 0.3) is 5.69 Å². The average molecular weight is 368 g/mol. The molecular formula is C20H17FN2O4. The number of aryl methyl sites for hydroxylation is 1. The number of methoxy groups -OCH3 is 1. The van der Waals surface area contributed by atoms with Crippen LogP contribution in [0.2, 0.25) is 0 Å². The van der Waals surface area contributed by atoms with Crippen molar-refractivity contribution < 1.29 is 18.7 Å². The van der Waals surface area contributed by atoms with E-state index in [1.165, 1.54) is 30.0 Å². The lowest BCUT2D eigenvalue weighted by Crippen LogP contribution is -2.24. The Morgan fingerprint density at radius 1 is 1.15 bits per heavy atom. The molecule has 0 aliphatic heterocycles. The second kappa shape index (κ2) is 7.82. The van der Waals surface area contributed by atoms with Crippen LogP contribution in [0.3, 0.4) is 0 Å². The highest BCUT2D eigenvalue weighted by Crippen LogP contribution is 2.15. The molecule has 6 nitrogen and oxygen atoms in total. The number of halogens is 1. The lowest BCUT2D eigenvalue weighted by molar-refractivity contribution is 0.0461. The van der Waals surface area contributed by atoms with Crippen LogP contribution >= 0.6 is 0 Å². The molecule has 0 atom stereocenters. The summed E-state index contributed by atoms with van der Waals surface area (Å²) in [4.78, 5) is 24.5. The second-order valence-electron chi connectivity index (χ2n) is 5.79. The van der Waals surface area contributed by atoms with Gasteiger partial charge in [0, 0.05) is 11.8 Å². The van der Waals surface area contributed by atoms with Gasteiger partial charge in [-0.05, 0) is 36.8 Å². The van der Waals surface area contributed by atoms with Gasteiger partial charge in [-0.15, -0.1) is 0 Å². The summed E-state index contributed by atoms with van der Waals surface area (Å²) in [5.74, 6) is -0.778. The summed E-state index contributed by atoms with van der Waals surface area (Å²) in [5, 5.41) is 4.01. The highest BCUT2D eigenvalue weighted by atomic mass is 19.1. The molecule has 0 fully saturated rings. The molecule has 3 rings (SSSR count). The predicted octanol–water partition coefficient (Wildman–Crippen LogP) is 3.05. The molecule has 0 N–H and O–H groups in total. The first-order valence-electron chi connectivity index (χ1n) is 8.15. The van der Waals surface area contributed by atoms with Crippen LogP contribution in [-0.4, -0.2) is 22.9 Å². The van der Waals surface area contributed by atoms with Gasteiger partial charge in [-0.3, -0.25) is 4.79 Å². The molecule has 0 aliphatic rings. The molecule has 0 amide bonds. The zero-order chi connectivity index (χ0) is 19.4. The van der Waals surface area contributed by atoms with Crippen molar-refractivity contribution in [2.75, 3.05) is 7.11 Å². The van der Waals surface area contributed by atoms with Crippen LogP contribution in [-0.2, 0) is 11.3 Å². The number of hydrogen-bond acceptors (Lipinski definition) is 5. The first-order chi connectivity index (χ1) is 13.0. The van der Waals surface area contributed by atoms with Gasteiger partial charge in [0.05, 0.1) is 7.11 Å². The third-order valence-electron chi connectivity index (χ3n) is 3.89. The molecular weight excluding hydrogens is 351 g/mol. The van der Waals surface area contributed by atoms with E-state index in [4.69, 9.17) is 9.47 Å². The molecule has 3 aromatic rings. The number of carbonyl (C=O) groups excluding carboxylic acids is 1. The molecule has 0 unspecified atom stereocenters. The Labute approximate surface area is 154 Å². The Morgan fingerprint density at radius 3 is 2.67 bits per heavy atom. The summed E-state index contributed by atoms with van der Waals surface area (Å²) >= 11 is 0. The van der Waals surface area contributed by atoms with Crippen molar-refractivity contribution in [3.63, 3.8) is 0 Å². The van der Waals surface area contributed by atoms with Crippen molar-refractivity contribution in [1.82, 2.24) is 9.78 Å². The van der Waals surface area contributed by atoms with Crippen molar-refractivity contribution in [2.45, 2.75) is 13.5 Å². The lowest BCUT2D eigenvalue weighted by atomic mass is 10.2. The van der Waals surface area contributed by atoms with Crippen LogP contribution in [0.4, 0.5) is 4.39 Å². The Bertz CT molecular complexity index is 1050. The van der Waals surface area contributed by atoms with E-state index in [9.17, 15) is 14.0 Å². The number of carbonyl (C=O) groups is 1. The average Bonchev–Trinajstić information content (AvgIpc) is 2.67. The van der Waals surface area contributed by atoms with E-state index in [1.807, 2.05) is 0 Å². The van der Waals surface area contributed by atoms with Crippen molar-refractivity contribution in [3.8, 4) is 11.4 Å². The lowest BCUT2D eigenvalue weighted by Gasteiger charge is -2.12. The topological polar surface area (TPSA) is 70.4 Å². The third-order valence-corrected chi connectivity index (χ3v) is 3.89. The molecule has 7 heteroatoms. The van der Waals surface area contributed by atoms with E-state index in [0.29, 0.717) is 17.0 Å². The third kappa shape index (κ3) is 4.03. The number of para-hydroxylation sites is 1. The van der Waals surface area contributed by atoms with Gasteiger partial charge in [-0.2, -0.15) is 5.10 Å². The van der Waals surface area contributed by atoms with Gasteiger partial charge in [0.1, 0.15) is 23.9 Å². The van der Waals surface area contributed by atoms with Crippen LogP contribution in [0.1, 0.15) is 21.7 Å². The van der Waals surface area contributed by atoms with Gasteiger partial charge < -0.3 is 9.47 Å². The Hall–Kier alpha value is -3.48. The number of esters is 1. The van der Waals surface area contributed by atoms with Gasteiger partial charge in [0.15, 0.2) is 0 Å². The van der Waals surface area contributed by atoms with E-state index < -0.39 is 22.9 Å². The number of ether oxygens (including phenoxy) is 2. The first kappa shape index (κ1) is 18.3. The molecule has 1 heterocycles. The maximum Gasteiger partial charge on any atom is 0.363 e. The monoisotopic (exact) mass is 368 g/mol. The zero-order valence-electron chi connectivity index (χ0n) is 14.8. The fourth-order valence-corrected chi connectivity index (χ4v) is 2.54. The van der Waals surface area contributed by atoms with E-state index >= 15 is 0 Å². The normalized spacial score (nSPS) is 10.5. The molecule has 0 aliphatic carbocycles. The fourth-order valence-electron chi connectivity index (χ4n) is 2.54. The Morgan fingerprint density at radius 2 is 1.93 bits per heavy atom. The number of nitrogens with zero attached hydrogens (tertiary/aromatic N) is 2. The minimum absolute atomic E-state index is 0.0509. The highest BCUT2D eigenvalue weighted by molar-refractivity contribution is 5.86. The van der Waals surface area contributed by atoms with Crippen LogP contribution in [0, 0.1) is 12.7 Å². The number of hydrogen-bond donors (Lipinski definition) is 0. The summed E-state index contributed by atoms with van der Waals surface area (Å²) in [6.07, 6.45) is 0. The molecule has 138 valence electrons. The predicted molar refractivity (Wildman–Crippen MR) is 96.6 cm³/mol. The standard InChI is InChI=1S/C20H17FN2O4/c1-13-10-18(24)19(22-23(13)17-9-4-3-8-16(17)21)20(25)27-12-14-6-5-7-15(11-14)26-2/h3-11H,12H2,1-2H3. The van der Waals surface area contributed by atoms with Gasteiger partial charge in [0.2, 0.25) is 11.1 Å². The minimum Gasteiger partial charge on any atom is -0.497 e. The number of aromatic nitrogens is 2. The van der Waals surface area contributed by atoms with Crippen LogP contribution < -0.4 is 10.2 Å². The van der Waals surface area contributed by atoms with Gasteiger partial charge in [0.25, 0.3) is 0 Å². The fraction of sp³-hybridized carbons (Fsp3) is 0.150. The van der Waals surface area contributed by atoms with E-state index in [0.717, 1.165) is 0 Å². The largest absolute Gasteiger partial charge is 0.497 e. The summed E-state index contributed by atoms with van der Waals surface area (Å²) in [6.45, 7) is 1.55. The Balaban J connectivity index is 1.87. The quantitative estimate of drug-likeness (QED) is 0.648. The molecule has 1 aromatic heterocycles. The first-order valence-corrected chi connectivity index (χ1v) is 8.15. The molecule has 2 aromatic carbocycles. The summed E-state index contributed by atoms with van der Waals surface area (Å²) in [6, 6.07) is 14.2. The smallest absolute Gasteiger partial charge is 0.363 e. The maximum atomic E-state index is 14.1. The summed E-state index contributed by atoms with van der Waals surface area (Å²) in [7, 11) is 1.53. The van der Waals surface area contributed by atoms with E-state index in [-0.39, 0.29) is 12.3 Å². The zero-order valence-corrected chi connectivity index (χ0v) is 14.8. The maximum absolute atomic E-state index is 14.1. The summed E-state index contributed by atoms with van der Waals surface area (Å²) in [5.41, 5.74) is 0.234. The molecule has 0 radical (unpaired) electrons. The minimum atomic E-state index is -0.882. The molecule has 27 heavy (non-hydrogen) atoms. The number of benzene rings is 2. The number of rotatable bonds is 5. The van der Waals surface area contributed by atoms with E-state index in [1.54, 1.807) is 43.3 Å². The van der Waals surface area contributed by atoms with Gasteiger partial charge in [-0.25, -0.2) is 13.9 Å². The van der Waals surface area contributed by atoms with Crippen molar-refractivity contribution in [1.29, 1.82) is 0 Å². The van der Waals surface area contributed by atoms with Gasteiger partial charge >= 0.3 is 5.97 Å². The molecule has 0 saturated heterocycles.